The van der Waals surface area contributed by atoms with Crippen LogP contribution in [0.3, 0.4) is 0 Å². The van der Waals surface area contributed by atoms with E-state index in [1.165, 1.54) is 0 Å². The Morgan fingerprint density at radius 3 is 2.67 bits per heavy atom. The average molecular weight is 193 g/mol. The van der Waals surface area contributed by atoms with Crippen molar-refractivity contribution < 1.29 is 13.2 Å². The van der Waals surface area contributed by atoms with E-state index in [9.17, 15) is 13.2 Å². The molecule has 1 aromatic heterocycles. The molecule has 65 valence electrons. The van der Waals surface area contributed by atoms with Gasteiger partial charge in [0.15, 0.2) is 5.16 Å². The third-order valence-corrected chi connectivity index (χ3v) is 1.60. The van der Waals surface area contributed by atoms with Crippen molar-refractivity contribution in [3.63, 3.8) is 0 Å². The molecule has 0 N–H and O–H groups in total. The van der Waals surface area contributed by atoms with Crippen LogP contribution in [-0.4, -0.2) is 16.2 Å². The van der Waals surface area contributed by atoms with Gasteiger partial charge in [0, 0.05) is 0 Å². The summed E-state index contributed by atoms with van der Waals surface area (Å²) in [6.07, 6.45) is -0.679. The highest BCUT2D eigenvalue weighted by atomic mass is 32.2. The topological polar surface area (TPSA) is 25.8 Å². The third kappa shape index (κ3) is 2.10. The van der Waals surface area contributed by atoms with E-state index in [1.54, 1.807) is 6.26 Å². The summed E-state index contributed by atoms with van der Waals surface area (Å²) in [4.78, 5) is 6.76. The predicted octanol–water partition coefficient (Wildman–Crippen LogP) is 2.02. The molecule has 1 aromatic rings. The molecular formula is C6H4F3N2S. The summed E-state index contributed by atoms with van der Waals surface area (Å²) in [5.74, 6) is 0. The molecular weight excluding hydrogens is 189 g/mol. The van der Waals surface area contributed by atoms with Gasteiger partial charge in [-0.3, -0.25) is 0 Å². The van der Waals surface area contributed by atoms with Gasteiger partial charge >= 0.3 is 6.18 Å². The second kappa shape index (κ2) is 3.30. The Morgan fingerprint density at radius 2 is 2.17 bits per heavy atom. The van der Waals surface area contributed by atoms with E-state index in [0.29, 0.717) is 0 Å². The molecule has 0 fully saturated rings. The van der Waals surface area contributed by atoms with Crippen molar-refractivity contribution in [1.29, 1.82) is 0 Å². The van der Waals surface area contributed by atoms with Crippen LogP contribution in [0.1, 0.15) is 5.69 Å². The standard InChI is InChI=1S/C6H4F3N2S/c1-12-5-10-3-2-4(11-5)6(7,8)9/h2H,1H3. The van der Waals surface area contributed by atoms with Crippen LogP contribution in [0.4, 0.5) is 13.2 Å². The first kappa shape index (κ1) is 9.31. The van der Waals surface area contributed by atoms with E-state index < -0.39 is 11.9 Å². The van der Waals surface area contributed by atoms with Gasteiger partial charge < -0.3 is 0 Å². The lowest BCUT2D eigenvalue weighted by Crippen LogP contribution is -2.08. The fraction of sp³-hybridized carbons (Fsp3) is 0.333. The van der Waals surface area contributed by atoms with Gasteiger partial charge in [-0.15, -0.1) is 0 Å². The Balaban J connectivity index is 3.02. The van der Waals surface area contributed by atoms with Gasteiger partial charge in [-0.05, 0) is 12.3 Å². The summed E-state index contributed by atoms with van der Waals surface area (Å²) >= 11 is 1.05. The second-order valence-electron chi connectivity index (χ2n) is 1.87. The molecule has 0 saturated heterocycles. The third-order valence-electron chi connectivity index (χ3n) is 1.05. The van der Waals surface area contributed by atoms with Gasteiger partial charge in [-0.25, -0.2) is 9.97 Å². The Morgan fingerprint density at radius 1 is 1.50 bits per heavy atom. The van der Waals surface area contributed by atoms with Gasteiger partial charge in [0.25, 0.3) is 0 Å². The molecule has 0 spiro atoms. The Hall–Kier alpha value is -0.780. The minimum atomic E-state index is -4.41. The SMILES string of the molecule is CSc1n[c]cc(C(F)(F)F)n1. The average Bonchev–Trinajstić information content (AvgIpc) is 2.03. The van der Waals surface area contributed by atoms with Crippen LogP contribution in [0.15, 0.2) is 11.2 Å². The van der Waals surface area contributed by atoms with Crippen molar-refractivity contribution in [1.82, 2.24) is 9.97 Å². The van der Waals surface area contributed by atoms with Crippen LogP contribution >= 0.6 is 11.8 Å². The number of aromatic nitrogens is 2. The van der Waals surface area contributed by atoms with Crippen molar-refractivity contribution >= 4 is 11.8 Å². The smallest absolute Gasteiger partial charge is 0.221 e. The number of hydrogen-bond donors (Lipinski definition) is 0. The number of rotatable bonds is 1. The fourth-order valence-corrected chi connectivity index (χ4v) is 0.879. The summed E-state index contributed by atoms with van der Waals surface area (Å²) in [6, 6.07) is 0.722. The first-order valence-electron chi connectivity index (χ1n) is 2.90. The van der Waals surface area contributed by atoms with Crippen LogP contribution in [0, 0.1) is 6.20 Å². The number of thioether (sulfide) groups is 1. The summed E-state index contributed by atoms with van der Waals surface area (Å²) in [5.41, 5.74) is -0.957. The molecule has 6 heteroatoms. The molecule has 0 aliphatic rings. The monoisotopic (exact) mass is 193 g/mol. The molecule has 0 amide bonds. The number of nitrogens with zero attached hydrogens (tertiary/aromatic N) is 2. The van der Waals surface area contributed by atoms with E-state index in [0.717, 1.165) is 17.8 Å². The van der Waals surface area contributed by atoms with Crippen molar-refractivity contribution in [3.05, 3.63) is 18.0 Å². The lowest BCUT2D eigenvalue weighted by atomic mass is 10.4. The quantitative estimate of drug-likeness (QED) is 0.504. The van der Waals surface area contributed by atoms with E-state index in [4.69, 9.17) is 0 Å². The lowest BCUT2D eigenvalue weighted by Gasteiger charge is -2.04. The van der Waals surface area contributed by atoms with E-state index >= 15 is 0 Å². The maximum absolute atomic E-state index is 12.0. The molecule has 12 heavy (non-hydrogen) atoms. The normalized spacial score (nSPS) is 11.7. The number of alkyl halides is 3. The van der Waals surface area contributed by atoms with Crippen molar-refractivity contribution in [3.8, 4) is 0 Å². The Kier molecular flexibility index (Phi) is 2.56. The summed E-state index contributed by atoms with van der Waals surface area (Å²) in [6.45, 7) is 0. The Bertz CT molecular complexity index is 274. The summed E-state index contributed by atoms with van der Waals surface area (Å²) in [5, 5.41) is 0.0739. The van der Waals surface area contributed by atoms with Gasteiger partial charge in [0.1, 0.15) is 5.69 Å². The highest BCUT2D eigenvalue weighted by Gasteiger charge is 2.32. The molecule has 0 aliphatic heterocycles. The van der Waals surface area contributed by atoms with E-state index in [1.807, 2.05) is 0 Å². The molecule has 0 aromatic carbocycles. The predicted molar refractivity (Wildman–Crippen MR) is 37.7 cm³/mol. The van der Waals surface area contributed by atoms with Gasteiger partial charge in [-0.2, -0.15) is 13.2 Å². The molecule has 0 saturated carbocycles. The molecule has 1 radical (unpaired) electrons. The van der Waals surface area contributed by atoms with Gasteiger partial charge in [0.05, 0.1) is 6.20 Å². The van der Waals surface area contributed by atoms with Crippen LogP contribution in [0.5, 0.6) is 0 Å². The Labute approximate surface area is 71.2 Å². The first-order valence-corrected chi connectivity index (χ1v) is 4.13. The minimum Gasteiger partial charge on any atom is -0.221 e. The van der Waals surface area contributed by atoms with E-state index in [2.05, 4.69) is 16.2 Å². The lowest BCUT2D eigenvalue weighted by molar-refractivity contribution is -0.141. The molecule has 0 bridgehead atoms. The number of halogens is 3. The van der Waals surface area contributed by atoms with Crippen molar-refractivity contribution in [2.24, 2.45) is 0 Å². The molecule has 0 unspecified atom stereocenters. The van der Waals surface area contributed by atoms with Crippen LogP contribution in [0.2, 0.25) is 0 Å². The molecule has 0 atom stereocenters. The van der Waals surface area contributed by atoms with Crippen LogP contribution in [-0.2, 0) is 6.18 Å². The summed E-state index contributed by atoms with van der Waals surface area (Å²) in [7, 11) is 0. The largest absolute Gasteiger partial charge is 0.433 e. The highest BCUT2D eigenvalue weighted by Crippen LogP contribution is 2.27. The first-order chi connectivity index (χ1) is 5.54. The van der Waals surface area contributed by atoms with Crippen LogP contribution in [0.25, 0.3) is 0 Å². The second-order valence-corrected chi connectivity index (χ2v) is 2.64. The number of hydrogen-bond acceptors (Lipinski definition) is 3. The maximum Gasteiger partial charge on any atom is 0.433 e. The van der Waals surface area contributed by atoms with Gasteiger partial charge in [-0.1, -0.05) is 11.8 Å². The highest BCUT2D eigenvalue weighted by molar-refractivity contribution is 7.98. The fourth-order valence-electron chi connectivity index (χ4n) is 0.545. The zero-order valence-corrected chi connectivity index (χ0v) is 6.83. The molecule has 1 heterocycles. The maximum atomic E-state index is 12.0. The molecule has 0 aliphatic carbocycles. The van der Waals surface area contributed by atoms with Crippen LogP contribution < -0.4 is 0 Å². The van der Waals surface area contributed by atoms with E-state index in [-0.39, 0.29) is 5.16 Å². The minimum absolute atomic E-state index is 0.0739. The zero-order valence-electron chi connectivity index (χ0n) is 6.01. The van der Waals surface area contributed by atoms with Gasteiger partial charge in [0.2, 0.25) is 0 Å². The molecule has 1 rings (SSSR count). The summed E-state index contributed by atoms with van der Waals surface area (Å²) < 4.78 is 36.0. The van der Waals surface area contributed by atoms with Crippen molar-refractivity contribution in [2.75, 3.05) is 6.26 Å². The zero-order chi connectivity index (χ0) is 9.19. The molecule has 2 nitrogen and oxygen atoms in total. The van der Waals surface area contributed by atoms with Crippen molar-refractivity contribution in [2.45, 2.75) is 11.3 Å².